The van der Waals surface area contributed by atoms with E-state index in [1.165, 1.54) is 0 Å². The second-order valence-electron chi connectivity index (χ2n) is 5.88. The minimum absolute atomic E-state index is 0.220. The maximum absolute atomic E-state index is 12.0. The summed E-state index contributed by atoms with van der Waals surface area (Å²) >= 11 is 0. The number of carbonyl (C=O) groups is 3. The molecule has 1 aromatic rings. The first kappa shape index (κ1) is 22.0. The van der Waals surface area contributed by atoms with E-state index in [-0.39, 0.29) is 12.8 Å². The Kier molecular flexibility index (Phi) is 7.01. The van der Waals surface area contributed by atoms with Crippen LogP contribution in [0.2, 0.25) is 0 Å². The molecule has 1 aromatic carbocycles. The molecule has 0 aromatic heterocycles. The van der Waals surface area contributed by atoms with Gasteiger partial charge < -0.3 is 9.29 Å². The predicted molar refractivity (Wildman–Crippen MR) is 95.5 cm³/mol. The highest BCUT2D eigenvalue weighted by atomic mass is 32.2. The number of amides is 2. The number of phenols is 1. The topological polar surface area (TPSA) is 173 Å². The predicted octanol–water partition coefficient (Wildman–Crippen LogP) is 0.522. The number of carbonyl (C=O) groups excluding carboxylic acids is 3. The molecule has 0 radical (unpaired) electrons. The van der Waals surface area contributed by atoms with Crippen LogP contribution in [0.25, 0.3) is 0 Å². The van der Waals surface area contributed by atoms with Gasteiger partial charge in [0.2, 0.25) is 0 Å². The highest BCUT2D eigenvalue weighted by Crippen LogP contribution is 2.29. The van der Waals surface area contributed by atoms with Gasteiger partial charge in [0.1, 0.15) is 4.90 Å². The van der Waals surface area contributed by atoms with E-state index >= 15 is 0 Å². The fourth-order valence-corrected chi connectivity index (χ4v) is 3.25. The summed E-state index contributed by atoms with van der Waals surface area (Å²) in [5.41, 5.74) is 1.80. The van der Waals surface area contributed by atoms with Gasteiger partial charge in [-0.3, -0.25) is 24.5 Å². The van der Waals surface area contributed by atoms with Crippen LogP contribution in [0.15, 0.2) is 35.2 Å². The minimum atomic E-state index is -4.57. The van der Waals surface area contributed by atoms with E-state index in [4.69, 9.17) is 0 Å². The van der Waals surface area contributed by atoms with Crippen molar-refractivity contribution in [2.75, 3.05) is 6.54 Å². The quantitative estimate of drug-likeness (QED) is 0.176. The highest BCUT2D eigenvalue weighted by Gasteiger charge is 2.25. The lowest BCUT2D eigenvalue weighted by Crippen LogP contribution is -2.42. The molecule has 1 heterocycles. The summed E-state index contributed by atoms with van der Waals surface area (Å²) in [5.74, 6) is -2.71. The van der Waals surface area contributed by atoms with Gasteiger partial charge in [0, 0.05) is 31.2 Å². The highest BCUT2D eigenvalue weighted by molar-refractivity contribution is 7.87. The third-order valence-corrected chi connectivity index (χ3v) is 5.01. The van der Waals surface area contributed by atoms with Gasteiger partial charge in [-0.1, -0.05) is 6.42 Å². The number of hydrogen-bond donors (Lipinski definition) is 2. The average molecular weight is 427 g/mol. The van der Waals surface area contributed by atoms with Crippen LogP contribution in [-0.2, 0) is 28.7 Å². The zero-order chi connectivity index (χ0) is 21.6. The number of nitro benzene ring substituents is 1. The van der Waals surface area contributed by atoms with E-state index in [2.05, 4.69) is 9.61 Å². The summed E-state index contributed by atoms with van der Waals surface area (Å²) in [4.78, 5) is 43.5. The Hall–Kier alpha value is -3.32. The van der Waals surface area contributed by atoms with Crippen molar-refractivity contribution in [1.29, 1.82) is 0 Å². The number of phenolic OH excluding ortho intramolecular Hbond substituents is 1. The number of nitro groups is 1. The number of imide groups is 1. The van der Waals surface area contributed by atoms with Gasteiger partial charge in [0.25, 0.3) is 11.8 Å². The molecule has 0 unspecified atom stereocenters. The molecule has 0 bridgehead atoms. The molecule has 156 valence electrons. The van der Waals surface area contributed by atoms with Crippen molar-refractivity contribution in [3.8, 4) is 5.75 Å². The normalized spacial score (nSPS) is 13.7. The molecule has 2 N–H and O–H groups in total. The van der Waals surface area contributed by atoms with Crippen molar-refractivity contribution in [3.05, 3.63) is 40.5 Å². The smallest absolute Gasteiger partial charge is 0.341 e. The Labute approximate surface area is 165 Å². The number of hydrazine groups is 1. The Morgan fingerprint density at radius 2 is 1.83 bits per heavy atom. The maximum Gasteiger partial charge on any atom is 0.341 e. The summed E-state index contributed by atoms with van der Waals surface area (Å²) in [6.45, 7) is 0.295. The Bertz CT molecular complexity index is 954. The zero-order valence-electron chi connectivity index (χ0n) is 14.9. The van der Waals surface area contributed by atoms with E-state index in [1.807, 2.05) is 0 Å². The molecule has 29 heavy (non-hydrogen) atoms. The SMILES string of the molecule is O=C(CCCCCNN1C(=O)C=CC1=O)OS(=O)(=O)c1ccc(O)c([N+](=O)[O-])c1. The lowest BCUT2D eigenvalue weighted by atomic mass is 10.2. The van der Waals surface area contributed by atoms with Crippen LogP contribution in [0.3, 0.4) is 0 Å². The summed E-state index contributed by atoms with van der Waals surface area (Å²) < 4.78 is 28.5. The van der Waals surface area contributed by atoms with Gasteiger partial charge in [0.05, 0.1) is 4.92 Å². The van der Waals surface area contributed by atoms with Crippen LogP contribution in [0, 0.1) is 10.1 Å². The van der Waals surface area contributed by atoms with E-state index in [1.54, 1.807) is 0 Å². The number of unbranched alkanes of at least 4 members (excludes halogenated alkanes) is 2. The molecule has 13 heteroatoms. The van der Waals surface area contributed by atoms with Crippen LogP contribution in [0.4, 0.5) is 5.69 Å². The second-order valence-corrected chi connectivity index (χ2v) is 7.43. The van der Waals surface area contributed by atoms with Crippen molar-refractivity contribution in [1.82, 2.24) is 10.4 Å². The number of aromatic hydroxyl groups is 1. The summed E-state index contributed by atoms with van der Waals surface area (Å²) in [6.07, 6.45) is 3.31. The Morgan fingerprint density at radius 1 is 1.17 bits per heavy atom. The van der Waals surface area contributed by atoms with Crippen molar-refractivity contribution in [2.45, 2.75) is 30.6 Å². The van der Waals surface area contributed by atoms with Crippen LogP contribution in [0.1, 0.15) is 25.7 Å². The van der Waals surface area contributed by atoms with Gasteiger partial charge in [-0.05, 0) is 25.0 Å². The minimum Gasteiger partial charge on any atom is -0.502 e. The Morgan fingerprint density at radius 3 is 2.45 bits per heavy atom. The number of benzene rings is 1. The molecule has 1 aliphatic rings. The molecule has 2 rings (SSSR count). The fraction of sp³-hybridized carbons (Fsp3) is 0.312. The first-order valence-electron chi connectivity index (χ1n) is 8.36. The zero-order valence-corrected chi connectivity index (χ0v) is 15.8. The average Bonchev–Trinajstić information content (AvgIpc) is 2.95. The molecule has 12 nitrogen and oxygen atoms in total. The van der Waals surface area contributed by atoms with E-state index in [0.717, 1.165) is 29.3 Å². The van der Waals surface area contributed by atoms with Crippen molar-refractivity contribution < 1.29 is 37.0 Å². The Balaban J connectivity index is 1.76. The molecule has 0 fully saturated rings. The molecule has 0 spiro atoms. The van der Waals surface area contributed by atoms with Crippen LogP contribution in [0.5, 0.6) is 5.75 Å². The summed E-state index contributed by atoms with van der Waals surface area (Å²) in [7, 11) is -4.57. The van der Waals surface area contributed by atoms with E-state index in [0.29, 0.717) is 25.5 Å². The van der Waals surface area contributed by atoms with Gasteiger partial charge in [-0.25, -0.2) is 10.4 Å². The van der Waals surface area contributed by atoms with Gasteiger partial charge >= 0.3 is 21.8 Å². The molecule has 0 saturated carbocycles. The standard InChI is InChI=1S/C16H17N3O9S/c20-13-6-5-11(10-12(13)19(24)25)29(26,27)28-16(23)4-2-1-3-9-17-18-14(21)7-8-15(18)22/h5-8,10,17,20H,1-4,9H2. The van der Waals surface area contributed by atoms with Crippen molar-refractivity contribution in [2.24, 2.45) is 0 Å². The van der Waals surface area contributed by atoms with Crippen LogP contribution < -0.4 is 5.43 Å². The van der Waals surface area contributed by atoms with Crippen molar-refractivity contribution in [3.63, 3.8) is 0 Å². The number of nitrogens with one attached hydrogen (secondary N) is 1. The third kappa shape index (κ3) is 5.83. The monoisotopic (exact) mass is 427 g/mol. The van der Waals surface area contributed by atoms with Crippen LogP contribution in [-0.4, -0.2) is 47.8 Å². The summed E-state index contributed by atoms with van der Waals surface area (Å²) in [5, 5.41) is 21.0. The fourth-order valence-electron chi connectivity index (χ4n) is 2.34. The van der Waals surface area contributed by atoms with E-state index < -0.39 is 49.2 Å². The lowest BCUT2D eigenvalue weighted by Gasteiger charge is -2.14. The molecule has 2 amide bonds. The lowest BCUT2D eigenvalue weighted by molar-refractivity contribution is -0.386. The first-order chi connectivity index (χ1) is 13.6. The second kappa shape index (κ2) is 9.25. The number of hydrogen-bond acceptors (Lipinski definition) is 10. The van der Waals surface area contributed by atoms with Crippen molar-refractivity contribution >= 4 is 33.6 Å². The van der Waals surface area contributed by atoms with Gasteiger partial charge in [-0.15, -0.1) is 0 Å². The van der Waals surface area contributed by atoms with Gasteiger partial charge in [-0.2, -0.15) is 8.42 Å². The van der Waals surface area contributed by atoms with E-state index in [9.17, 15) is 38.0 Å². The van der Waals surface area contributed by atoms with Gasteiger partial charge in [0.15, 0.2) is 5.75 Å². The molecular formula is C16H17N3O9S. The molecule has 0 atom stereocenters. The number of rotatable bonds is 10. The molecular weight excluding hydrogens is 410 g/mol. The molecule has 0 saturated heterocycles. The molecule has 0 aliphatic carbocycles. The summed E-state index contributed by atoms with van der Waals surface area (Å²) in [6, 6.07) is 2.29. The molecule has 1 aliphatic heterocycles. The maximum atomic E-state index is 12.0. The number of nitrogens with zero attached hydrogens (tertiary/aromatic N) is 2. The largest absolute Gasteiger partial charge is 0.502 e. The first-order valence-corrected chi connectivity index (χ1v) is 9.77. The third-order valence-electron chi connectivity index (χ3n) is 3.77. The van der Waals surface area contributed by atoms with Crippen LogP contribution >= 0.6 is 0 Å².